The maximum atomic E-state index is 13.4. The van der Waals surface area contributed by atoms with Gasteiger partial charge in [-0.2, -0.15) is 15.2 Å². The van der Waals surface area contributed by atoms with Crippen LogP contribution in [0, 0.1) is 17.2 Å². The van der Waals surface area contributed by atoms with Crippen molar-refractivity contribution in [2.75, 3.05) is 56.2 Å². The lowest BCUT2D eigenvalue weighted by molar-refractivity contribution is -0.134. The van der Waals surface area contributed by atoms with E-state index in [1.165, 1.54) is 6.42 Å². The van der Waals surface area contributed by atoms with E-state index in [1.807, 2.05) is 17.0 Å². The second kappa shape index (κ2) is 13.8. The van der Waals surface area contributed by atoms with Crippen LogP contribution < -0.4 is 20.3 Å². The fraction of sp³-hybridized carbons (Fsp3) is 0.556. The van der Waals surface area contributed by atoms with Crippen LogP contribution in [0.3, 0.4) is 0 Å². The highest BCUT2D eigenvalue weighted by Gasteiger charge is 2.36. The highest BCUT2D eigenvalue weighted by molar-refractivity contribution is 6.36. The van der Waals surface area contributed by atoms with E-state index in [2.05, 4.69) is 52.1 Å². The number of nitrogens with two attached hydrogens (primary N) is 1. The molecule has 2 aromatic carbocycles. The molecular formula is C36H45ClN8O2. The third-order valence-electron chi connectivity index (χ3n) is 10.9. The Kier molecular flexibility index (Phi) is 9.40. The lowest BCUT2D eigenvalue weighted by atomic mass is 9.79. The molecule has 3 fully saturated rings. The van der Waals surface area contributed by atoms with Crippen molar-refractivity contribution < 1.29 is 9.53 Å². The maximum Gasteiger partial charge on any atom is 0.318 e. The van der Waals surface area contributed by atoms with Crippen molar-refractivity contribution >= 4 is 39.8 Å². The van der Waals surface area contributed by atoms with E-state index in [9.17, 15) is 10.1 Å². The molecule has 3 aliphatic heterocycles. The fourth-order valence-corrected chi connectivity index (χ4v) is 8.11. The maximum absolute atomic E-state index is 13.4. The summed E-state index contributed by atoms with van der Waals surface area (Å²) in [6.45, 7) is 4.71. The number of likely N-dealkylation sites (tertiary alicyclic amines) is 1. The Morgan fingerprint density at radius 2 is 1.89 bits per heavy atom. The molecule has 3 aromatic rings. The van der Waals surface area contributed by atoms with Gasteiger partial charge in [-0.15, -0.1) is 0 Å². The summed E-state index contributed by atoms with van der Waals surface area (Å²) in [6.07, 6.45) is 7.04. The molecule has 0 bridgehead atoms. The summed E-state index contributed by atoms with van der Waals surface area (Å²) in [4.78, 5) is 32.3. The molecule has 1 amide bonds. The average molecular weight is 657 g/mol. The molecule has 47 heavy (non-hydrogen) atoms. The molecule has 4 aliphatic rings. The van der Waals surface area contributed by atoms with E-state index in [0.29, 0.717) is 57.2 Å². The molecule has 0 spiro atoms. The number of nitrogens with zero attached hydrogens (tertiary/aromatic N) is 7. The largest absolute Gasteiger partial charge is 0.462 e. The number of hydrogen-bond donors (Lipinski definition) is 1. The zero-order valence-electron chi connectivity index (χ0n) is 27.3. The van der Waals surface area contributed by atoms with Gasteiger partial charge in [-0.05, 0) is 69.1 Å². The van der Waals surface area contributed by atoms with Gasteiger partial charge < -0.3 is 30.1 Å². The van der Waals surface area contributed by atoms with E-state index in [1.54, 1.807) is 0 Å². The number of carbonyl (C=O) groups is 1. The average Bonchev–Trinajstić information content (AvgIpc) is 3.46. The van der Waals surface area contributed by atoms with Crippen LogP contribution in [0.4, 0.5) is 11.5 Å². The van der Waals surface area contributed by atoms with Crippen molar-refractivity contribution in [1.29, 1.82) is 5.26 Å². The summed E-state index contributed by atoms with van der Waals surface area (Å²) in [5, 5.41) is 12.7. The van der Waals surface area contributed by atoms with Crippen molar-refractivity contribution in [2.24, 2.45) is 11.7 Å². The first-order valence-corrected chi connectivity index (χ1v) is 17.6. The van der Waals surface area contributed by atoms with Gasteiger partial charge in [-0.3, -0.25) is 4.79 Å². The first-order chi connectivity index (χ1) is 22.9. The highest BCUT2D eigenvalue weighted by Crippen LogP contribution is 2.37. The SMILES string of the molecule is CN1CCC[C@H]1COc1nc2c(c(N3CCN(C(=O)C[C@@H](N)C4CCC4)[C@@H](CC#N)C3)n1)CCN(c1cccc3cccc(Cl)c13)C2. The molecule has 0 unspecified atom stereocenters. The standard InChI is InChI=1S/C36H45ClN8O2/c1-42-16-5-10-27(42)23-47-36-40-31-22-43(32-12-4-9-25-8-3-11-29(37)34(25)32)17-14-28(31)35(41-36)44-18-19-45(26(21-44)13-15-38)33(46)20-30(39)24-6-2-7-24/h3-4,8-9,11-12,24,26-27,30H,2,5-7,10,13-14,16-23,39H2,1H3/t26-,27-,30+/m0/s1. The number of anilines is 2. The normalized spacial score (nSPS) is 22.6. The third kappa shape index (κ3) is 6.58. The van der Waals surface area contributed by atoms with Crippen molar-refractivity contribution in [3.63, 3.8) is 0 Å². The zero-order valence-corrected chi connectivity index (χ0v) is 28.0. The number of nitriles is 1. The fourth-order valence-electron chi connectivity index (χ4n) is 7.83. The van der Waals surface area contributed by atoms with Gasteiger partial charge in [0.2, 0.25) is 5.91 Å². The van der Waals surface area contributed by atoms with Crippen LogP contribution in [-0.4, -0.2) is 90.2 Å². The van der Waals surface area contributed by atoms with Crippen LogP contribution >= 0.6 is 11.6 Å². The van der Waals surface area contributed by atoms with E-state index in [4.69, 9.17) is 32.0 Å². The highest BCUT2D eigenvalue weighted by atomic mass is 35.5. The molecule has 10 nitrogen and oxygen atoms in total. The number of benzene rings is 2. The second-order valence-electron chi connectivity index (χ2n) is 13.7. The zero-order chi connectivity index (χ0) is 32.5. The Bertz CT molecular complexity index is 1650. The van der Waals surface area contributed by atoms with Gasteiger partial charge in [-0.25, -0.2) is 0 Å². The van der Waals surface area contributed by atoms with Crippen LogP contribution in [0.2, 0.25) is 5.02 Å². The number of fused-ring (bicyclic) bond motifs is 2. The molecule has 1 saturated carbocycles. The van der Waals surface area contributed by atoms with Crippen molar-refractivity contribution in [2.45, 2.75) is 76.0 Å². The minimum Gasteiger partial charge on any atom is -0.462 e. The van der Waals surface area contributed by atoms with E-state index >= 15 is 0 Å². The molecule has 7 rings (SSSR count). The summed E-state index contributed by atoms with van der Waals surface area (Å²) in [7, 11) is 2.14. The number of aromatic nitrogens is 2. The Hall–Kier alpha value is -3.65. The van der Waals surface area contributed by atoms with Gasteiger partial charge in [0, 0.05) is 61.3 Å². The second-order valence-corrected chi connectivity index (χ2v) is 14.1. The monoisotopic (exact) mass is 656 g/mol. The quantitative estimate of drug-likeness (QED) is 0.348. The molecule has 2 N–H and O–H groups in total. The summed E-state index contributed by atoms with van der Waals surface area (Å²) >= 11 is 6.73. The Morgan fingerprint density at radius 1 is 1.06 bits per heavy atom. The first kappa shape index (κ1) is 31.9. The lowest BCUT2D eigenvalue weighted by Gasteiger charge is -2.43. The summed E-state index contributed by atoms with van der Waals surface area (Å²) in [5.74, 6) is 1.36. The van der Waals surface area contributed by atoms with Crippen molar-refractivity contribution in [3.8, 4) is 12.1 Å². The molecule has 248 valence electrons. The van der Waals surface area contributed by atoms with Crippen molar-refractivity contribution in [3.05, 3.63) is 52.7 Å². The first-order valence-electron chi connectivity index (χ1n) is 17.2. The minimum atomic E-state index is -0.227. The molecule has 3 atom stereocenters. The number of rotatable bonds is 9. The Balaban J connectivity index is 1.16. The number of likely N-dealkylation sites (N-methyl/N-ethyl adjacent to an activating group) is 1. The van der Waals surface area contributed by atoms with Crippen LogP contribution in [0.15, 0.2) is 36.4 Å². The van der Waals surface area contributed by atoms with E-state index in [0.717, 1.165) is 83.8 Å². The molecule has 11 heteroatoms. The van der Waals surface area contributed by atoms with Crippen LogP contribution in [0.5, 0.6) is 6.01 Å². The number of amides is 1. The van der Waals surface area contributed by atoms with Crippen LogP contribution in [0.25, 0.3) is 10.8 Å². The Morgan fingerprint density at radius 3 is 2.64 bits per heavy atom. The Labute approximate surface area is 282 Å². The number of ether oxygens (including phenoxy) is 1. The molecule has 1 aliphatic carbocycles. The van der Waals surface area contributed by atoms with Gasteiger partial charge in [0.05, 0.1) is 35.8 Å². The predicted octanol–water partition coefficient (Wildman–Crippen LogP) is 4.77. The molecule has 2 saturated heterocycles. The minimum absolute atomic E-state index is 0.0584. The predicted molar refractivity (Wildman–Crippen MR) is 185 cm³/mol. The van der Waals surface area contributed by atoms with Crippen molar-refractivity contribution in [1.82, 2.24) is 19.8 Å². The van der Waals surface area contributed by atoms with Gasteiger partial charge in [0.15, 0.2) is 0 Å². The number of carbonyl (C=O) groups excluding carboxylic acids is 1. The lowest BCUT2D eigenvalue weighted by Crippen LogP contribution is -2.56. The molecule has 0 radical (unpaired) electrons. The van der Waals surface area contributed by atoms with Gasteiger partial charge in [0.25, 0.3) is 0 Å². The van der Waals surface area contributed by atoms with E-state index < -0.39 is 0 Å². The van der Waals surface area contributed by atoms with Gasteiger partial charge in [-0.1, -0.05) is 42.3 Å². The summed E-state index contributed by atoms with van der Waals surface area (Å²) in [6, 6.07) is 15.1. The van der Waals surface area contributed by atoms with E-state index in [-0.39, 0.29) is 24.4 Å². The number of hydrogen-bond acceptors (Lipinski definition) is 9. The van der Waals surface area contributed by atoms with Crippen LogP contribution in [-0.2, 0) is 17.8 Å². The topological polar surface area (TPSA) is 115 Å². The third-order valence-corrected chi connectivity index (χ3v) is 11.2. The molecular weight excluding hydrogens is 612 g/mol. The smallest absolute Gasteiger partial charge is 0.318 e. The number of piperazine rings is 1. The molecule has 1 aromatic heterocycles. The van der Waals surface area contributed by atoms with Gasteiger partial charge in [0.1, 0.15) is 12.4 Å². The van der Waals surface area contributed by atoms with Crippen LogP contribution in [0.1, 0.15) is 56.2 Å². The van der Waals surface area contributed by atoms with Gasteiger partial charge >= 0.3 is 6.01 Å². The summed E-state index contributed by atoms with van der Waals surface area (Å²) < 4.78 is 6.34. The summed E-state index contributed by atoms with van der Waals surface area (Å²) in [5.41, 5.74) is 9.57. The number of halogens is 1. The molecule has 4 heterocycles.